The monoisotopic (exact) mass is 298 g/mol. The molecular formula is C14H19O5P. The summed E-state index contributed by atoms with van der Waals surface area (Å²) in [5.41, 5.74) is 0. The van der Waals surface area contributed by atoms with Crippen LogP contribution < -0.4 is 5.30 Å². The largest absolute Gasteiger partial charge is 0.469 e. The minimum absolute atomic E-state index is 0.0733. The number of hydrogen-bond acceptors (Lipinski definition) is 5. The van der Waals surface area contributed by atoms with Crippen molar-refractivity contribution in [3.05, 3.63) is 30.3 Å². The second-order valence-electron chi connectivity index (χ2n) is 4.32. The number of rotatable bonds is 7. The molecule has 0 fully saturated rings. The van der Waals surface area contributed by atoms with Crippen LogP contribution in [0.2, 0.25) is 0 Å². The molecule has 110 valence electrons. The fourth-order valence-electron chi connectivity index (χ4n) is 1.82. The van der Waals surface area contributed by atoms with Crippen LogP contribution in [0.1, 0.15) is 12.8 Å². The number of benzene rings is 1. The van der Waals surface area contributed by atoms with Gasteiger partial charge < -0.3 is 14.0 Å². The molecule has 1 aromatic rings. The molecule has 0 aliphatic heterocycles. The normalized spacial score (nSPS) is 10.9. The zero-order valence-electron chi connectivity index (χ0n) is 11.7. The third kappa shape index (κ3) is 4.82. The van der Waals surface area contributed by atoms with E-state index in [0.29, 0.717) is 5.30 Å². The molecule has 0 aliphatic carbocycles. The van der Waals surface area contributed by atoms with Crippen molar-refractivity contribution in [1.82, 2.24) is 0 Å². The van der Waals surface area contributed by atoms with E-state index in [2.05, 4.69) is 9.47 Å². The van der Waals surface area contributed by atoms with Crippen molar-refractivity contribution in [3.63, 3.8) is 0 Å². The maximum atomic E-state index is 13.0. The van der Waals surface area contributed by atoms with Gasteiger partial charge in [0.05, 0.1) is 27.1 Å². The molecule has 0 bridgehead atoms. The standard InChI is InChI=1S/C14H19O5P/c1-18-13(15)8-10-20(17,11-9-14(16)19-2)12-6-4-3-5-7-12/h3-7H,8-11H2,1-2H3. The van der Waals surface area contributed by atoms with Gasteiger partial charge in [0.1, 0.15) is 7.14 Å². The Hall–Kier alpha value is -1.61. The van der Waals surface area contributed by atoms with Crippen LogP contribution in [0.25, 0.3) is 0 Å². The summed E-state index contributed by atoms with van der Waals surface area (Å²) in [4.78, 5) is 22.5. The average Bonchev–Trinajstić information content (AvgIpc) is 2.51. The van der Waals surface area contributed by atoms with E-state index in [4.69, 9.17) is 0 Å². The minimum Gasteiger partial charge on any atom is -0.469 e. The van der Waals surface area contributed by atoms with Gasteiger partial charge >= 0.3 is 11.9 Å². The van der Waals surface area contributed by atoms with E-state index < -0.39 is 19.1 Å². The SMILES string of the molecule is COC(=O)CCP(=O)(CCC(=O)OC)c1ccccc1. The molecule has 0 unspecified atom stereocenters. The maximum Gasteiger partial charge on any atom is 0.305 e. The molecule has 0 heterocycles. The third-order valence-corrected chi connectivity index (χ3v) is 6.17. The van der Waals surface area contributed by atoms with Crippen LogP contribution in [0.4, 0.5) is 0 Å². The van der Waals surface area contributed by atoms with E-state index in [0.717, 1.165) is 0 Å². The zero-order valence-corrected chi connectivity index (χ0v) is 12.6. The van der Waals surface area contributed by atoms with Crippen molar-refractivity contribution < 1.29 is 23.6 Å². The number of esters is 2. The minimum atomic E-state index is -2.81. The Bertz CT molecular complexity index is 474. The number of methoxy groups -OCH3 is 2. The van der Waals surface area contributed by atoms with E-state index in [1.807, 2.05) is 6.07 Å². The average molecular weight is 298 g/mol. The van der Waals surface area contributed by atoms with Gasteiger partial charge in [0.15, 0.2) is 0 Å². The van der Waals surface area contributed by atoms with Crippen molar-refractivity contribution in [2.45, 2.75) is 12.8 Å². The van der Waals surface area contributed by atoms with E-state index in [-0.39, 0.29) is 25.2 Å². The van der Waals surface area contributed by atoms with Gasteiger partial charge in [-0.2, -0.15) is 0 Å². The fraction of sp³-hybridized carbons (Fsp3) is 0.429. The van der Waals surface area contributed by atoms with E-state index in [1.54, 1.807) is 24.3 Å². The molecule has 0 saturated heterocycles. The Kier molecular flexibility index (Phi) is 6.46. The van der Waals surface area contributed by atoms with E-state index in [9.17, 15) is 14.2 Å². The first-order valence-electron chi connectivity index (χ1n) is 6.29. The van der Waals surface area contributed by atoms with Crippen molar-refractivity contribution in [3.8, 4) is 0 Å². The van der Waals surface area contributed by atoms with Crippen LogP contribution in [0.5, 0.6) is 0 Å². The highest BCUT2D eigenvalue weighted by Gasteiger charge is 2.26. The highest BCUT2D eigenvalue weighted by atomic mass is 31.2. The Balaban J connectivity index is 2.85. The Morgan fingerprint density at radius 3 is 1.80 bits per heavy atom. The summed E-state index contributed by atoms with van der Waals surface area (Å²) in [5.74, 6) is -0.807. The highest BCUT2D eigenvalue weighted by molar-refractivity contribution is 7.71. The lowest BCUT2D eigenvalue weighted by Crippen LogP contribution is -2.16. The maximum absolute atomic E-state index is 13.0. The van der Waals surface area contributed by atoms with Crippen LogP contribution in [0.15, 0.2) is 30.3 Å². The van der Waals surface area contributed by atoms with Crippen LogP contribution in [0.3, 0.4) is 0 Å². The van der Waals surface area contributed by atoms with Crippen LogP contribution in [-0.2, 0) is 23.6 Å². The molecule has 5 nitrogen and oxygen atoms in total. The molecular weight excluding hydrogens is 279 g/mol. The van der Waals surface area contributed by atoms with Crippen molar-refractivity contribution in [1.29, 1.82) is 0 Å². The molecule has 0 radical (unpaired) electrons. The summed E-state index contributed by atoms with van der Waals surface area (Å²) in [6.45, 7) is 0. The van der Waals surface area contributed by atoms with Gasteiger partial charge in [0, 0.05) is 17.6 Å². The first-order valence-corrected chi connectivity index (χ1v) is 8.37. The highest BCUT2D eigenvalue weighted by Crippen LogP contribution is 2.45. The lowest BCUT2D eigenvalue weighted by Gasteiger charge is -2.17. The van der Waals surface area contributed by atoms with Gasteiger partial charge in [-0.05, 0) is 0 Å². The second kappa shape index (κ2) is 7.85. The molecule has 0 spiro atoms. The van der Waals surface area contributed by atoms with Crippen LogP contribution in [0, 0.1) is 0 Å². The number of ether oxygens (including phenoxy) is 2. The lowest BCUT2D eigenvalue weighted by molar-refractivity contribution is -0.140. The molecule has 20 heavy (non-hydrogen) atoms. The summed E-state index contributed by atoms with van der Waals surface area (Å²) >= 11 is 0. The van der Waals surface area contributed by atoms with Crippen molar-refractivity contribution in [2.75, 3.05) is 26.5 Å². The van der Waals surface area contributed by atoms with Gasteiger partial charge in [-0.3, -0.25) is 9.59 Å². The van der Waals surface area contributed by atoms with Gasteiger partial charge in [-0.1, -0.05) is 30.3 Å². The fourth-order valence-corrected chi connectivity index (χ4v) is 4.36. The first-order chi connectivity index (χ1) is 9.51. The van der Waals surface area contributed by atoms with Gasteiger partial charge in [-0.15, -0.1) is 0 Å². The van der Waals surface area contributed by atoms with Crippen molar-refractivity contribution >= 4 is 24.4 Å². The third-order valence-electron chi connectivity index (χ3n) is 3.04. The van der Waals surface area contributed by atoms with Crippen LogP contribution in [-0.4, -0.2) is 38.5 Å². The molecule has 6 heteroatoms. The first kappa shape index (κ1) is 16.4. The van der Waals surface area contributed by atoms with Crippen LogP contribution >= 0.6 is 7.14 Å². The smallest absolute Gasteiger partial charge is 0.305 e. The Morgan fingerprint density at radius 1 is 0.950 bits per heavy atom. The summed E-state index contributed by atoms with van der Waals surface area (Å²) in [5, 5.41) is 0.674. The molecule has 1 rings (SSSR count). The van der Waals surface area contributed by atoms with E-state index in [1.165, 1.54) is 14.2 Å². The molecule has 0 aliphatic rings. The summed E-state index contributed by atoms with van der Waals surface area (Å²) in [6, 6.07) is 8.93. The summed E-state index contributed by atoms with van der Waals surface area (Å²) < 4.78 is 22.2. The number of hydrogen-bond donors (Lipinski definition) is 0. The summed E-state index contributed by atoms with van der Waals surface area (Å²) in [7, 11) is -0.216. The molecule has 0 amide bonds. The van der Waals surface area contributed by atoms with E-state index >= 15 is 0 Å². The Morgan fingerprint density at radius 2 is 1.40 bits per heavy atom. The zero-order chi connectivity index (χ0) is 15.0. The van der Waals surface area contributed by atoms with Crippen molar-refractivity contribution in [2.24, 2.45) is 0 Å². The van der Waals surface area contributed by atoms with Gasteiger partial charge in [0.25, 0.3) is 0 Å². The predicted molar refractivity (Wildman–Crippen MR) is 76.7 cm³/mol. The number of carbonyl (C=O) groups is 2. The molecule has 0 N–H and O–H groups in total. The lowest BCUT2D eigenvalue weighted by atomic mass is 10.4. The quantitative estimate of drug-likeness (QED) is 0.567. The summed E-state index contributed by atoms with van der Waals surface area (Å²) in [6.07, 6.45) is 0.537. The van der Waals surface area contributed by atoms with Gasteiger partial charge in [0.2, 0.25) is 0 Å². The predicted octanol–water partition coefficient (Wildman–Crippen LogP) is 1.80. The molecule has 0 saturated carbocycles. The molecule has 0 atom stereocenters. The second-order valence-corrected chi connectivity index (χ2v) is 7.51. The topological polar surface area (TPSA) is 69.7 Å². The number of carbonyl (C=O) groups excluding carboxylic acids is 2. The molecule has 1 aromatic carbocycles. The molecule has 0 aromatic heterocycles. The Labute approximate surface area is 118 Å². The van der Waals surface area contributed by atoms with Gasteiger partial charge in [-0.25, -0.2) is 0 Å².